The summed E-state index contributed by atoms with van der Waals surface area (Å²) in [5.41, 5.74) is 2.95. The molecule has 1 atom stereocenters. The van der Waals surface area contributed by atoms with Gasteiger partial charge in [-0.05, 0) is 26.3 Å². The molecular weight excluding hydrogens is 266 g/mol. The Morgan fingerprint density at radius 3 is 3.00 bits per heavy atom. The molecule has 1 aliphatic heterocycles. The van der Waals surface area contributed by atoms with Gasteiger partial charge >= 0.3 is 0 Å². The molecule has 0 bridgehead atoms. The summed E-state index contributed by atoms with van der Waals surface area (Å²) >= 11 is 0. The SMILES string of the molecule is COc1cccc2c1OCC(Nc1nc(C)cnc1C)C2. The molecule has 1 aromatic carbocycles. The molecule has 0 spiro atoms. The summed E-state index contributed by atoms with van der Waals surface area (Å²) in [6.45, 7) is 4.48. The number of aryl methyl sites for hydroxylation is 2. The van der Waals surface area contributed by atoms with E-state index in [-0.39, 0.29) is 6.04 Å². The highest BCUT2D eigenvalue weighted by Crippen LogP contribution is 2.35. The molecule has 5 heteroatoms. The molecule has 2 aromatic rings. The summed E-state index contributed by atoms with van der Waals surface area (Å²) in [4.78, 5) is 8.83. The summed E-state index contributed by atoms with van der Waals surface area (Å²) in [5.74, 6) is 2.47. The molecule has 1 N–H and O–H groups in total. The Morgan fingerprint density at radius 1 is 1.33 bits per heavy atom. The molecule has 2 heterocycles. The Bertz CT molecular complexity index is 658. The van der Waals surface area contributed by atoms with Gasteiger partial charge in [0.2, 0.25) is 0 Å². The first-order chi connectivity index (χ1) is 10.2. The molecular formula is C16H19N3O2. The lowest BCUT2D eigenvalue weighted by Crippen LogP contribution is -2.34. The van der Waals surface area contributed by atoms with Crippen LogP contribution in [0.4, 0.5) is 5.82 Å². The molecule has 0 aliphatic carbocycles. The Hall–Kier alpha value is -2.30. The van der Waals surface area contributed by atoms with Crippen molar-refractivity contribution in [2.24, 2.45) is 0 Å². The van der Waals surface area contributed by atoms with E-state index in [4.69, 9.17) is 9.47 Å². The molecule has 0 saturated heterocycles. The van der Waals surface area contributed by atoms with Gasteiger partial charge in [0.1, 0.15) is 12.4 Å². The lowest BCUT2D eigenvalue weighted by atomic mass is 10.0. The fourth-order valence-corrected chi connectivity index (χ4v) is 2.52. The third kappa shape index (κ3) is 2.77. The monoisotopic (exact) mass is 285 g/mol. The van der Waals surface area contributed by atoms with Crippen molar-refractivity contribution in [3.63, 3.8) is 0 Å². The summed E-state index contributed by atoms with van der Waals surface area (Å²) < 4.78 is 11.2. The van der Waals surface area contributed by atoms with E-state index >= 15 is 0 Å². The van der Waals surface area contributed by atoms with E-state index in [1.54, 1.807) is 13.3 Å². The van der Waals surface area contributed by atoms with E-state index in [1.165, 1.54) is 0 Å². The maximum Gasteiger partial charge on any atom is 0.164 e. The summed E-state index contributed by atoms with van der Waals surface area (Å²) in [7, 11) is 1.66. The standard InChI is InChI=1S/C16H19N3O2/c1-10-8-17-11(2)16(18-10)19-13-7-12-5-4-6-14(20-3)15(12)21-9-13/h4-6,8,13H,7,9H2,1-3H3,(H,18,19). The second-order valence-corrected chi connectivity index (χ2v) is 5.25. The quantitative estimate of drug-likeness (QED) is 0.939. The van der Waals surface area contributed by atoms with Crippen molar-refractivity contribution in [1.82, 2.24) is 9.97 Å². The molecule has 5 nitrogen and oxygen atoms in total. The Labute approximate surface area is 124 Å². The first-order valence-corrected chi connectivity index (χ1v) is 7.03. The number of fused-ring (bicyclic) bond motifs is 1. The van der Waals surface area contributed by atoms with E-state index < -0.39 is 0 Å². The van der Waals surface area contributed by atoms with Crippen molar-refractivity contribution in [2.45, 2.75) is 26.3 Å². The first kappa shape index (κ1) is 13.7. The molecule has 1 unspecified atom stereocenters. The van der Waals surface area contributed by atoms with E-state index in [9.17, 15) is 0 Å². The summed E-state index contributed by atoms with van der Waals surface area (Å²) in [6, 6.07) is 6.16. The van der Waals surface area contributed by atoms with Crippen LogP contribution in [-0.4, -0.2) is 29.7 Å². The Kier molecular flexibility index (Phi) is 3.64. The number of rotatable bonds is 3. The van der Waals surface area contributed by atoms with Crippen molar-refractivity contribution in [3.05, 3.63) is 41.3 Å². The Morgan fingerprint density at radius 2 is 2.19 bits per heavy atom. The third-order valence-electron chi connectivity index (χ3n) is 3.59. The highest BCUT2D eigenvalue weighted by atomic mass is 16.5. The number of nitrogens with zero attached hydrogens (tertiary/aromatic N) is 2. The second kappa shape index (κ2) is 5.60. The van der Waals surface area contributed by atoms with Gasteiger partial charge in [-0.1, -0.05) is 12.1 Å². The number of aromatic nitrogens is 2. The van der Waals surface area contributed by atoms with Crippen LogP contribution in [-0.2, 0) is 6.42 Å². The van der Waals surface area contributed by atoms with Gasteiger partial charge in [0, 0.05) is 11.8 Å². The van der Waals surface area contributed by atoms with Crippen LogP contribution >= 0.6 is 0 Å². The van der Waals surface area contributed by atoms with Crippen LogP contribution in [0, 0.1) is 13.8 Å². The van der Waals surface area contributed by atoms with Gasteiger partial charge in [-0.25, -0.2) is 4.98 Å². The smallest absolute Gasteiger partial charge is 0.164 e. The number of ether oxygens (including phenoxy) is 2. The fraction of sp³-hybridized carbons (Fsp3) is 0.375. The van der Waals surface area contributed by atoms with Crippen molar-refractivity contribution >= 4 is 5.82 Å². The number of para-hydroxylation sites is 1. The number of hydrogen-bond donors (Lipinski definition) is 1. The zero-order valence-electron chi connectivity index (χ0n) is 12.5. The lowest BCUT2D eigenvalue weighted by molar-refractivity contribution is 0.256. The average Bonchev–Trinajstić information content (AvgIpc) is 2.50. The number of benzene rings is 1. The van der Waals surface area contributed by atoms with Crippen LogP contribution < -0.4 is 14.8 Å². The van der Waals surface area contributed by atoms with Gasteiger partial charge < -0.3 is 14.8 Å². The van der Waals surface area contributed by atoms with E-state index in [2.05, 4.69) is 21.4 Å². The van der Waals surface area contributed by atoms with Crippen molar-refractivity contribution in [3.8, 4) is 11.5 Å². The minimum Gasteiger partial charge on any atom is -0.493 e. The lowest BCUT2D eigenvalue weighted by Gasteiger charge is -2.27. The largest absolute Gasteiger partial charge is 0.493 e. The maximum absolute atomic E-state index is 5.86. The number of nitrogens with one attached hydrogen (secondary N) is 1. The predicted octanol–water partition coefficient (Wildman–Crippen LogP) is 2.52. The van der Waals surface area contributed by atoms with E-state index in [0.717, 1.165) is 40.7 Å². The van der Waals surface area contributed by atoms with Crippen LogP contribution in [0.25, 0.3) is 0 Å². The molecule has 0 fully saturated rings. The van der Waals surface area contributed by atoms with Crippen LogP contribution in [0.1, 0.15) is 17.0 Å². The normalized spacial score (nSPS) is 16.8. The minimum absolute atomic E-state index is 0.180. The van der Waals surface area contributed by atoms with E-state index in [1.807, 2.05) is 26.0 Å². The number of methoxy groups -OCH3 is 1. The number of anilines is 1. The average molecular weight is 285 g/mol. The highest BCUT2D eigenvalue weighted by molar-refractivity contribution is 5.49. The molecule has 3 rings (SSSR count). The molecule has 0 amide bonds. The third-order valence-corrected chi connectivity index (χ3v) is 3.59. The van der Waals surface area contributed by atoms with Gasteiger partial charge in [-0.2, -0.15) is 0 Å². The zero-order chi connectivity index (χ0) is 14.8. The van der Waals surface area contributed by atoms with Crippen LogP contribution in [0.2, 0.25) is 0 Å². The molecule has 21 heavy (non-hydrogen) atoms. The zero-order valence-corrected chi connectivity index (χ0v) is 12.5. The van der Waals surface area contributed by atoms with Gasteiger partial charge in [0.25, 0.3) is 0 Å². The molecule has 1 aliphatic rings. The molecule has 110 valence electrons. The van der Waals surface area contributed by atoms with Crippen LogP contribution in [0.5, 0.6) is 11.5 Å². The predicted molar refractivity (Wildman–Crippen MR) is 81.1 cm³/mol. The fourth-order valence-electron chi connectivity index (χ4n) is 2.52. The highest BCUT2D eigenvalue weighted by Gasteiger charge is 2.23. The molecule has 0 radical (unpaired) electrons. The van der Waals surface area contributed by atoms with Crippen molar-refractivity contribution in [2.75, 3.05) is 19.0 Å². The van der Waals surface area contributed by atoms with Crippen LogP contribution in [0.3, 0.4) is 0 Å². The van der Waals surface area contributed by atoms with Gasteiger partial charge in [-0.15, -0.1) is 0 Å². The summed E-state index contributed by atoms with van der Waals surface area (Å²) in [6.07, 6.45) is 2.65. The topological polar surface area (TPSA) is 56.3 Å². The molecule has 0 saturated carbocycles. The maximum atomic E-state index is 5.86. The first-order valence-electron chi connectivity index (χ1n) is 7.03. The second-order valence-electron chi connectivity index (χ2n) is 5.25. The van der Waals surface area contributed by atoms with Gasteiger partial charge in [-0.3, -0.25) is 4.98 Å². The van der Waals surface area contributed by atoms with Gasteiger partial charge in [0.05, 0.1) is 24.5 Å². The minimum atomic E-state index is 0.180. The van der Waals surface area contributed by atoms with E-state index in [0.29, 0.717) is 6.61 Å². The van der Waals surface area contributed by atoms with Gasteiger partial charge in [0.15, 0.2) is 11.5 Å². The van der Waals surface area contributed by atoms with Crippen LogP contribution in [0.15, 0.2) is 24.4 Å². The van der Waals surface area contributed by atoms with Crippen molar-refractivity contribution < 1.29 is 9.47 Å². The molecule has 1 aromatic heterocycles. The Balaban J connectivity index is 1.79. The number of hydrogen-bond acceptors (Lipinski definition) is 5. The summed E-state index contributed by atoms with van der Waals surface area (Å²) in [5, 5.41) is 3.43. The van der Waals surface area contributed by atoms with Crippen molar-refractivity contribution in [1.29, 1.82) is 0 Å².